The van der Waals surface area contributed by atoms with Crippen LogP contribution in [0, 0.1) is 6.92 Å². The molecule has 0 saturated carbocycles. The number of allylic oxidation sites excluding steroid dienone is 2. The lowest BCUT2D eigenvalue weighted by Gasteiger charge is -2.12. The van der Waals surface area contributed by atoms with Gasteiger partial charge in [0.25, 0.3) is 11.8 Å². The van der Waals surface area contributed by atoms with Gasteiger partial charge in [-0.3, -0.25) is 14.9 Å². The fourth-order valence-corrected chi connectivity index (χ4v) is 3.95. The number of benzene rings is 2. The summed E-state index contributed by atoms with van der Waals surface area (Å²) in [5.41, 5.74) is 6.24. The van der Waals surface area contributed by atoms with Gasteiger partial charge >= 0.3 is 0 Å². The number of carbonyl (C=O) groups is 2. The van der Waals surface area contributed by atoms with E-state index < -0.39 is 0 Å². The number of nitrogens with one attached hydrogen (secondary N) is 3. The number of H-pyrrole nitrogens is 1. The molecule has 0 atom stereocenters. The van der Waals surface area contributed by atoms with E-state index in [1.807, 2.05) is 69.3 Å². The summed E-state index contributed by atoms with van der Waals surface area (Å²) < 4.78 is 0. The van der Waals surface area contributed by atoms with Crippen LogP contribution >= 0.6 is 0 Å². The van der Waals surface area contributed by atoms with Crippen molar-refractivity contribution in [2.75, 3.05) is 5.32 Å². The molecule has 0 aliphatic carbocycles. The quantitative estimate of drug-likeness (QED) is 0.369. The van der Waals surface area contributed by atoms with Crippen molar-refractivity contribution in [3.8, 4) is 0 Å². The molecule has 4 rings (SSSR count). The third-order valence-electron chi connectivity index (χ3n) is 5.67. The van der Waals surface area contributed by atoms with E-state index in [2.05, 4.69) is 33.6 Å². The van der Waals surface area contributed by atoms with Crippen molar-refractivity contribution in [1.82, 2.24) is 15.3 Å². The first-order chi connectivity index (χ1) is 16.5. The second kappa shape index (κ2) is 11.8. The van der Waals surface area contributed by atoms with Gasteiger partial charge in [-0.25, -0.2) is 4.98 Å². The number of imidazole rings is 1. The van der Waals surface area contributed by atoms with Gasteiger partial charge in [0.2, 0.25) is 0 Å². The van der Waals surface area contributed by atoms with E-state index in [0.29, 0.717) is 30.5 Å². The van der Waals surface area contributed by atoms with Gasteiger partial charge in [0.1, 0.15) is 5.82 Å². The molecule has 6 heteroatoms. The van der Waals surface area contributed by atoms with Crippen molar-refractivity contribution in [2.45, 2.75) is 47.1 Å². The molecule has 2 aromatic carbocycles. The smallest absolute Gasteiger partial charge is 0.254 e. The largest absolute Gasteiger partial charge is 0.378 e. The number of anilines is 1. The Balaban J connectivity index is 0.00000158. The number of rotatable bonds is 8. The van der Waals surface area contributed by atoms with Gasteiger partial charge in [0.05, 0.1) is 6.54 Å². The third kappa shape index (κ3) is 5.90. The number of hydrogen-bond acceptors (Lipinski definition) is 4. The Bertz CT molecular complexity index is 1220. The summed E-state index contributed by atoms with van der Waals surface area (Å²) in [4.78, 5) is 32.5. The zero-order valence-corrected chi connectivity index (χ0v) is 20.2. The van der Waals surface area contributed by atoms with E-state index in [1.54, 1.807) is 12.4 Å². The number of nitrogens with zero attached hydrogens (tertiary/aromatic N) is 1. The van der Waals surface area contributed by atoms with Gasteiger partial charge in [-0.1, -0.05) is 56.3 Å². The minimum absolute atomic E-state index is 0. The number of hydrogen-bond donors (Lipinski definition) is 3. The van der Waals surface area contributed by atoms with Gasteiger partial charge < -0.3 is 10.3 Å². The molecule has 2 amide bonds. The van der Waals surface area contributed by atoms with Crippen molar-refractivity contribution in [1.29, 1.82) is 0 Å². The van der Waals surface area contributed by atoms with Gasteiger partial charge in [-0.2, -0.15) is 0 Å². The van der Waals surface area contributed by atoms with Crippen LogP contribution in [-0.4, -0.2) is 21.8 Å². The molecule has 6 nitrogen and oxygen atoms in total. The normalized spacial score (nSPS) is 13.5. The van der Waals surface area contributed by atoms with Crippen molar-refractivity contribution in [3.05, 3.63) is 101 Å². The fraction of sp³-hybridized carbons (Fsp3) is 0.250. The Morgan fingerprint density at radius 3 is 2.53 bits per heavy atom. The van der Waals surface area contributed by atoms with Crippen LogP contribution in [-0.2, 0) is 22.6 Å². The van der Waals surface area contributed by atoms with Crippen LogP contribution in [0.15, 0.2) is 78.1 Å². The number of carbonyl (C=O) groups excluding carboxylic acids is 2. The highest BCUT2D eigenvalue weighted by Crippen LogP contribution is 2.30. The summed E-state index contributed by atoms with van der Waals surface area (Å²) in [5, 5.41) is 5.81. The maximum atomic E-state index is 12.6. The number of aryl methyl sites for hydroxylation is 1. The molecule has 3 N–H and O–H groups in total. The van der Waals surface area contributed by atoms with Gasteiger partial charge in [-0.05, 0) is 48.2 Å². The third-order valence-corrected chi connectivity index (χ3v) is 5.67. The molecule has 2 heterocycles. The summed E-state index contributed by atoms with van der Waals surface area (Å²) >= 11 is 0. The Hall–Kier alpha value is -3.93. The molecule has 0 spiro atoms. The lowest BCUT2D eigenvalue weighted by Crippen LogP contribution is -2.23. The highest BCUT2D eigenvalue weighted by molar-refractivity contribution is 6.20. The SMILES string of the molecule is C/C=C(/CC1=C(Cc2cccc(NCc3ncc[nH]3)c2)C(=O)NC1=O)c1ccccc1C.CC.[HH].[HH]. The van der Waals surface area contributed by atoms with E-state index in [-0.39, 0.29) is 14.7 Å². The minimum atomic E-state index is -0.306. The van der Waals surface area contributed by atoms with E-state index in [1.165, 1.54) is 0 Å². The lowest BCUT2D eigenvalue weighted by atomic mass is 9.91. The second-order valence-corrected chi connectivity index (χ2v) is 7.81. The molecular formula is C28H36N4O2. The molecule has 180 valence electrons. The molecule has 1 aromatic heterocycles. The predicted octanol–water partition coefficient (Wildman–Crippen LogP) is 5.84. The molecule has 3 aromatic rings. The van der Waals surface area contributed by atoms with Crippen LogP contribution in [0.2, 0.25) is 0 Å². The maximum absolute atomic E-state index is 12.6. The number of aromatic nitrogens is 2. The molecule has 0 radical (unpaired) electrons. The number of amides is 2. The first-order valence-electron chi connectivity index (χ1n) is 11.6. The van der Waals surface area contributed by atoms with Crippen LogP contribution in [0.5, 0.6) is 0 Å². The molecule has 0 fully saturated rings. The van der Waals surface area contributed by atoms with Gasteiger partial charge in [-0.15, -0.1) is 0 Å². The van der Waals surface area contributed by atoms with Crippen LogP contribution in [0.25, 0.3) is 5.57 Å². The highest BCUT2D eigenvalue weighted by Gasteiger charge is 2.30. The van der Waals surface area contributed by atoms with Crippen molar-refractivity contribution in [2.24, 2.45) is 0 Å². The second-order valence-electron chi connectivity index (χ2n) is 7.81. The predicted molar refractivity (Wildman–Crippen MR) is 141 cm³/mol. The molecule has 34 heavy (non-hydrogen) atoms. The molecule has 0 bridgehead atoms. The van der Waals surface area contributed by atoms with Crippen molar-refractivity contribution >= 4 is 23.1 Å². The zero-order valence-electron chi connectivity index (χ0n) is 20.2. The zero-order chi connectivity index (χ0) is 24.5. The highest BCUT2D eigenvalue weighted by atomic mass is 16.2. The van der Waals surface area contributed by atoms with E-state index in [4.69, 9.17) is 0 Å². The molecular weight excluding hydrogens is 424 g/mol. The summed E-state index contributed by atoms with van der Waals surface area (Å²) in [6.45, 7) is 8.59. The number of imide groups is 1. The molecule has 0 saturated heterocycles. The first kappa shape index (κ1) is 24.7. The molecule has 0 unspecified atom stereocenters. The van der Waals surface area contributed by atoms with Crippen molar-refractivity contribution in [3.63, 3.8) is 0 Å². The van der Waals surface area contributed by atoms with Crippen LogP contribution in [0.1, 0.15) is 52.6 Å². The van der Waals surface area contributed by atoms with E-state index in [9.17, 15) is 9.59 Å². The van der Waals surface area contributed by atoms with Crippen molar-refractivity contribution < 1.29 is 12.4 Å². The summed E-state index contributed by atoms with van der Waals surface area (Å²) in [7, 11) is 0. The average molecular weight is 461 g/mol. The monoisotopic (exact) mass is 460 g/mol. The van der Waals surface area contributed by atoms with Gasteiger partial charge in [0, 0.05) is 44.9 Å². The topological polar surface area (TPSA) is 86.9 Å². The summed E-state index contributed by atoms with van der Waals surface area (Å²) in [6, 6.07) is 16.0. The van der Waals surface area contributed by atoms with E-state index in [0.717, 1.165) is 33.8 Å². The van der Waals surface area contributed by atoms with Crippen LogP contribution < -0.4 is 10.6 Å². The average Bonchev–Trinajstić information content (AvgIpc) is 3.46. The fourth-order valence-electron chi connectivity index (χ4n) is 3.95. The standard InChI is InChI=1S/C26H26N4O2.C2H6.2H2/c1-3-19(21-10-5-4-7-17(21)2)15-23-22(25(31)30-26(23)32)14-18-8-6-9-20(13-18)29-16-24-27-11-12-28-24;1-2;;/h3-13,29H,14-16H2,1-2H3,(H,27,28)(H,30,31,32);1-2H3;2*1H/b19-3-;;;. The Morgan fingerprint density at radius 1 is 1.06 bits per heavy atom. The van der Waals surface area contributed by atoms with Crippen LogP contribution in [0.4, 0.5) is 5.69 Å². The molecule has 1 aliphatic rings. The molecule has 1 aliphatic heterocycles. The summed E-state index contributed by atoms with van der Waals surface area (Å²) in [6.07, 6.45) is 6.33. The Kier molecular flexibility index (Phi) is 8.57. The Labute approximate surface area is 204 Å². The van der Waals surface area contributed by atoms with E-state index >= 15 is 0 Å². The maximum Gasteiger partial charge on any atom is 0.254 e. The van der Waals surface area contributed by atoms with Crippen LogP contribution in [0.3, 0.4) is 0 Å². The van der Waals surface area contributed by atoms with Gasteiger partial charge in [0.15, 0.2) is 0 Å². The minimum Gasteiger partial charge on any atom is -0.378 e. The number of aromatic amines is 1. The Morgan fingerprint density at radius 2 is 1.82 bits per heavy atom. The first-order valence-corrected chi connectivity index (χ1v) is 11.6. The lowest BCUT2D eigenvalue weighted by molar-refractivity contribution is -0.124. The summed E-state index contributed by atoms with van der Waals surface area (Å²) in [5.74, 6) is 0.237.